The summed E-state index contributed by atoms with van der Waals surface area (Å²) in [5, 5.41) is 9.31. The van der Waals surface area contributed by atoms with Crippen molar-refractivity contribution in [3.05, 3.63) is 88.5 Å². The van der Waals surface area contributed by atoms with Crippen LogP contribution in [0.1, 0.15) is 60.7 Å². The smallest absolute Gasteiger partial charge is 0.358 e. The second-order valence-electron chi connectivity index (χ2n) is 8.91. The number of benzene rings is 2. The average Bonchev–Trinajstić information content (AvgIpc) is 3.51. The van der Waals surface area contributed by atoms with Gasteiger partial charge < -0.3 is 23.5 Å². The lowest BCUT2D eigenvalue weighted by Crippen LogP contribution is -2.32. The number of hydrogen-bond donors (Lipinski definition) is 0. The van der Waals surface area contributed by atoms with Gasteiger partial charge in [0.25, 0.3) is 0 Å². The normalized spacial score (nSPS) is 18.4. The monoisotopic (exact) mass is 517 g/mol. The Kier molecular flexibility index (Phi) is 8.19. The van der Waals surface area contributed by atoms with Crippen molar-refractivity contribution in [2.24, 2.45) is 0 Å². The molecule has 3 aromatic rings. The molecule has 1 aromatic heterocycles. The van der Waals surface area contributed by atoms with Gasteiger partial charge in [0, 0.05) is 6.42 Å². The number of carbonyl (C=O) groups is 3. The van der Waals surface area contributed by atoms with Crippen molar-refractivity contribution < 1.29 is 33.3 Å². The van der Waals surface area contributed by atoms with Gasteiger partial charge in [-0.05, 0) is 38.1 Å². The maximum atomic E-state index is 12.9. The summed E-state index contributed by atoms with van der Waals surface area (Å²) >= 11 is 0. The van der Waals surface area contributed by atoms with Crippen LogP contribution in [-0.4, -0.2) is 53.4 Å². The van der Waals surface area contributed by atoms with E-state index in [2.05, 4.69) is 4.98 Å². The molecule has 3 atom stereocenters. The fourth-order valence-corrected chi connectivity index (χ4v) is 4.12. The lowest BCUT2D eigenvalue weighted by Gasteiger charge is -2.19. The van der Waals surface area contributed by atoms with Gasteiger partial charge >= 0.3 is 17.9 Å². The number of imidazole rings is 1. The Morgan fingerprint density at radius 3 is 2.18 bits per heavy atom. The maximum absolute atomic E-state index is 12.9. The maximum Gasteiger partial charge on any atom is 0.358 e. The molecule has 0 bridgehead atoms. The number of aryl methyl sites for hydroxylation is 2. The molecule has 1 saturated heterocycles. The van der Waals surface area contributed by atoms with E-state index in [9.17, 15) is 19.6 Å². The van der Waals surface area contributed by atoms with Crippen LogP contribution >= 0.6 is 0 Å². The molecule has 0 radical (unpaired) electrons. The molecule has 2 aromatic carbocycles. The molecule has 2 heterocycles. The number of ether oxygens (including phenoxy) is 4. The van der Waals surface area contributed by atoms with Crippen LogP contribution in [0.15, 0.2) is 54.9 Å². The molecule has 1 aliphatic rings. The third-order valence-corrected chi connectivity index (χ3v) is 6.22. The third kappa shape index (κ3) is 5.90. The van der Waals surface area contributed by atoms with Crippen molar-refractivity contribution in [3.8, 4) is 6.07 Å². The van der Waals surface area contributed by atoms with Gasteiger partial charge in [-0.1, -0.05) is 35.4 Å². The van der Waals surface area contributed by atoms with Crippen molar-refractivity contribution in [1.82, 2.24) is 9.55 Å². The first-order valence-electron chi connectivity index (χ1n) is 12.0. The predicted octanol–water partition coefficient (Wildman–Crippen LogP) is 3.72. The zero-order valence-corrected chi connectivity index (χ0v) is 21.2. The molecule has 10 nitrogen and oxygen atoms in total. The topological polar surface area (TPSA) is 130 Å². The van der Waals surface area contributed by atoms with E-state index < -0.39 is 36.3 Å². The fourth-order valence-electron chi connectivity index (χ4n) is 4.12. The van der Waals surface area contributed by atoms with E-state index in [1.807, 2.05) is 19.9 Å². The van der Waals surface area contributed by atoms with Gasteiger partial charge in [-0.25, -0.2) is 19.4 Å². The molecule has 1 aliphatic heterocycles. The molecule has 1 fully saturated rings. The lowest BCUT2D eigenvalue weighted by atomic mass is 10.1. The number of carbonyl (C=O) groups excluding carboxylic acids is 3. The summed E-state index contributed by atoms with van der Waals surface area (Å²) in [6.45, 7) is 3.65. The third-order valence-electron chi connectivity index (χ3n) is 6.22. The molecule has 0 amide bonds. The van der Waals surface area contributed by atoms with E-state index in [1.54, 1.807) is 53.1 Å². The van der Waals surface area contributed by atoms with Crippen molar-refractivity contribution in [2.75, 3.05) is 13.7 Å². The average molecular weight is 518 g/mol. The summed E-state index contributed by atoms with van der Waals surface area (Å²) in [5.41, 5.74) is 3.07. The first-order valence-corrected chi connectivity index (χ1v) is 12.0. The Labute approximate surface area is 219 Å². The van der Waals surface area contributed by atoms with Gasteiger partial charge in [-0.3, -0.25) is 0 Å². The van der Waals surface area contributed by atoms with E-state index in [0.717, 1.165) is 11.1 Å². The number of nitriles is 1. The molecular weight excluding hydrogens is 490 g/mol. The van der Waals surface area contributed by atoms with Crippen molar-refractivity contribution in [1.29, 1.82) is 5.26 Å². The van der Waals surface area contributed by atoms with Gasteiger partial charge in [0.15, 0.2) is 5.69 Å². The SMILES string of the molecule is COC(=O)c1ncn([C@@H]2C[C@H](OC(=O)c3ccc(C)cc3)[C@@H](COC(=O)c3ccc(C)cc3)O2)c1CC#N. The second kappa shape index (κ2) is 11.7. The van der Waals surface area contributed by atoms with Crippen LogP contribution in [-0.2, 0) is 25.4 Å². The molecule has 196 valence electrons. The zero-order chi connectivity index (χ0) is 27.2. The van der Waals surface area contributed by atoms with Gasteiger partial charge in [0.2, 0.25) is 0 Å². The van der Waals surface area contributed by atoms with Crippen LogP contribution in [0.3, 0.4) is 0 Å². The van der Waals surface area contributed by atoms with E-state index in [1.165, 1.54) is 13.4 Å². The van der Waals surface area contributed by atoms with Crippen LogP contribution in [0.25, 0.3) is 0 Å². The number of aromatic nitrogens is 2. The van der Waals surface area contributed by atoms with Crippen molar-refractivity contribution in [3.63, 3.8) is 0 Å². The predicted molar refractivity (Wildman–Crippen MR) is 133 cm³/mol. The summed E-state index contributed by atoms with van der Waals surface area (Å²) in [6, 6.07) is 15.9. The standard InChI is InChI=1S/C28H27N3O7/c1-17-4-8-19(9-5-17)26(32)36-15-23-22(38-27(33)20-10-6-18(2)7-11-20)14-24(37-23)31-16-30-25(28(34)35-3)21(31)12-13-29/h4-11,16,22-24H,12,14-15H2,1-3H3/t22-,23+,24-/m0/s1. The number of methoxy groups -OCH3 is 1. The molecule has 0 saturated carbocycles. The number of hydrogen-bond acceptors (Lipinski definition) is 9. The van der Waals surface area contributed by atoms with Crippen LogP contribution in [0.5, 0.6) is 0 Å². The van der Waals surface area contributed by atoms with E-state index in [4.69, 9.17) is 18.9 Å². The fraction of sp³-hybridized carbons (Fsp3) is 0.321. The van der Waals surface area contributed by atoms with Crippen LogP contribution < -0.4 is 0 Å². The first kappa shape index (κ1) is 26.6. The highest BCUT2D eigenvalue weighted by molar-refractivity contribution is 5.90. The summed E-state index contributed by atoms with van der Waals surface area (Å²) in [4.78, 5) is 41.7. The number of nitrogens with zero attached hydrogens (tertiary/aromatic N) is 3. The minimum absolute atomic E-state index is 0.0000916. The number of rotatable bonds is 8. The Morgan fingerprint density at radius 1 is 1.00 bits per heavy atom. The summed E-state index contributed by atoms with van der Waals surface area (Å²) < 4.78 is 23.7. The highest BCUT2D eigenvalue weighted by Crippen LogP contribution is 2.33. The van der Waals surface area contributed by atoms with Crippen molar-refractivity contribution in [2.45, 2.75) is 45.1 Å². The minimum atomic E-state index is -0.803. The lowest BCUT2D eigenvalue weighted by molar-refractivity contribution is -0.0576. The Hall–Kier alpha value is -4.49. The highest BCUT2D eigenvalue weighted by atomic mass is 16.6. The van der Waals surface area contributed by atoms with Crippen LogP contribution in [0.2, 0.25) is 0 Å². The molecule has 0 unspecified atom stereocenters. The van der Waals surface area contributed by atoms with Gasteiger partial charge in [-0.2, -0.15) is 5.26 Å². The largest absolute Gasteiger partial charge is 0.464 e. The Balaban J connectivity index is 1.56. The molecule has 0 spiro atoms. The van der Waals surface area contributed by atoms with Gasteiger partial charge in [0.1, 0.15) is 25.0 Å². The quantitative estimate of drug-likeness (QED) is 0.324. The first-order chi connectivity index (χ1) is 18.3. The zero-order valence-electron chi connectivity index (χ0n) is 21.2. The molecular formula is C28H27N3O7. The van der Waals surface area contributed by atoms with Gasteiger partial charge in [0.05, 0.1) is 42.7 Å². The molecule has 10 heteroatoms. The van der Waals surface area contributed by atoms with Crippen LogP contribution in [0, 0.1) is 25.2 Å². The summed E-state index contributed by atoms with van der Waals surface area (Å²) in [7, 11) is 1.22. The minimum Gasteiger partial charge on any atom is -0.464 e. The Morgan fingerprint density at radius 2 is 1.61 bits per heavy atom. The van der Waals surface area contributed by atoms with Crippen molar-refractivity contribution >= 4 is 17.9 Å². The molecule has 0 N–H and O–H groups in total. The van der Waals surface area contributed by atoms with Gasteiger partial charge in [-0.15, -0.1) is 0 Å². The Bertz CT molecular complexity index is 1360. The van der Waals surface area contributed by atoms with Crippen LogP contribution in [0.4, 0.5) is 0 Å². The molecule has 4 rings (SSSR count). The summed E-state index contributed by atoms with van der Waals surface area (Å²) in [5.74, 6) is -1.77. The highest BCUT2D eigenvalue weighted by Gasteiger charge is 2.41. The summed E-state index contributed by atoms with van der Waals surface area (Å²) in [6.07, 6.45) is -0.877. The van der Waals surface area contributed by atoms with E-state index in [-0.39, 0.29) is 25.1 Å². The second-order valence-corrected chi connectivity index (χ2v) is 8.91. The van der Waals surface area contributed by atoms with E-state index in [0.29, 0.717) is 16.8 Å². The molecule has 38 heavy (non-hydrogen) atoms. The van der Waals surface area contributed by atoms with E-state index >= 15 is 0 Å². The molecule has 0 aliphatic carbocycles. The number of esters is 3.